The van der Waals surface area contributed by atoms with Crippen molar-refractivity contribution >= 4 is 21.6 Å². The Labute approximate surface area is 171 Å². The van der Waals surface area contributed by atoms with Crippen molar-refractivity contribution in [1.82, 2.24) is 4.90 Å². The smallest absolute Gasteiger partial charge is 0.261 e. The van der Waals surface area contributed by atoms with Gasteiger partial charge >= 0.3 is 0 Å². The van der Waals surface area contributed by atoms with E-state index in [1.807, 2.05) is 6.92 Å². The molecule has 0 spiro atoms. The molecule has 3 rings (SSSR count). The average Bonchev–Trinajstić information content (AvgIpc) is 3.23. The van der Waals surface area contributed by atoms with Gasteiger partial charge in [-0.05, 0) is 74.7 Å². The zero-order valence-electron chi connectivity index (χ0n) is 16.7. The number of hydrogen-bond acceptors (Lipinski definition) is 5. The van der Waals surface area contributed by atoms with E-state index < -0.39 is 10.0 Å². The summed E-state index contributed by atoms with van der Waals surface area (Å²) in [4.78, 5) is 14.0. The lowest BCUT2D eigenvalue weighted by atomic mass is 10.2. The lowest BCUT2D eigenvalue weighted by Gasteiger charge is -2.16. The van der Waals surface area contributed by atoms with E-state index in [0.29, 0.717) is 29.4 Å². The molecule has 0 saturated carbocycles. The van der Waals surface area contributed by atoms with Crippen molar-refractivity contribution in [1.29, 1.82) is 0 Å². The summed E-state index contributed by atoms with van der Waals surface area (Å²) in [6, 6.07) is 11.3. The van der Waals surface area contributed by atoms with Crippen LogP contribution in [0, 0.1) is 6.92 Å². The zero-order chi connectivity index (χ0) is 20.9. The molecule has 1 fully saturated rings. The molecule has 7 nitrogen and oxygen atoms in total. The number of anilines is 1. The Kier molecular flexibility index (Phi) is 6.64. The summed E-state index contributed by atoms with van der Waals surface area (Å²) in [6.45, 7) is 5.69. The van der Waals surface area contributed by atoms with Crippen LogP contribution in [0.5, 0.6) is 11.5 Å². The summed E-state index contributed by atoms with van der Waals surface area (Å²) < 4.78 is 38.9. The number of benzene rings is 2. The predicted octanol–water partition coefficient (Wildman–Crippen LogP) is 3.20. The Morgan fingerprint density at radius 3 is 2.38 bits per heavy atom. The van der Waals surface area contributed by atoms with Crippen molar-refractivity contribution in [3.63, 3.8) is 0 Å². The van der Waals surface area contributed by atoms with Crippen molar-refractivity contribution in [3.05, 3.63) is 48.0 Å². The SMILES string of the molecule is CCOc1ccc(NS(=O)(=O)c2ccc(OCC(=O)N3CCCC3)c(C)c2)cc1. The number of hydrogen-bond donors (Lipinski definition) is 1. The highest BCUT2D eigenvalue weighted by Crippen LogP contribution is 2.24. The zero-order valence-corrected chi connectivity index (χ0v) is 17.5. The van der Waals surface area contributed by atoms with E-state index in [2.05, 4.69) is 4.72 Å². The molecule has 1 N–H and O–H groups in total. The minimum absolute atomic E-state index is 0.0443. The molecular weight excluding hydrogens is 392 g/mol. The molecule has 156 valence electrons. The second kappa shape index (κ2) is 9.17. The number of amides is 1. The Hall–Kier alpha value is -2.74. The molecule has 8 heteroatoms. The van der Waals surface area contributed by atoms with E-state index in [0.717, 1.165) is 25.9 Å². The van der Waals surface area contributed by atoms with E-state index in [9.17, 15) is 13.2 Å². The second-order valence-electron chi connectivity index (χ2n) is 6.87. The van der Waals surface area contributed by atoms with Crippen molar-refractivity contribution in [2.45, 2.75) is 31.6 Å². The maximum atomic E-state index is 12.7. The molecule has 0 radical (unpaired) electrons. The largest absolute Gasteiger partial charge is 0.494 e. The highest BCUT2D eigenvalue weighted by atomic mass is 32.2. The van der Waals surface area contributed by atoms with Gasteiger partial charge in [-0.2, -0.15) is 0 Å². The highest BCUT2D eigenvalue weighted by Gasteiger charge is 2.19. The van der Waals surface area contributed by atoms with Crippen molar-refractivity contribution < 1.29 is 22.7 Å². The van der Waals surface area contributed by atoms with Crippen LogP contribution in [0.25, 0.3) is 0 Å². The highest BCUT2D eigenvalue weighted by molar-refractivity contribution is 7.92. The van der Waals surface area contributed by atoms with Gasteiger partial charge in [0.2, 0.25) is 0 Å². The monoisotopic (exact) mass is 418 g/mol. The van der Waals surface area contributed by atoms with Gasteiger partial charge in [0.15, 0.2) is 6.61 Å². The first-order valence-corrected chi connectivity index (χ1v) is 11.1. The van der Waals surface area contributed by atoms with Crippen molar-refractivity contribution in [2.75, 3.05) is 31.0 Å². The molecule has 0 atom stereocenters. The Morgan fingerprint density at radius 2 is 1.76 bits per heavy atom. The molecule has 1 aliphatic heterocycles. The molecule has 2 aromatic rings. The fourth-order valence-electron chi connectivity index (χ4n) is 3.15. The summed E-state index contributed by atoms with van der Waals surface area (Å²) in [6.07, 6.45) is 2.05. The number of carbonyl (C=O) groups is 1. The van der Waals surface area contributed by atoms with Gasteiger partial charge in [0.05, 0.1) is 11.5 Å². The molecule has 0 aromatic heterocycles. The Bertz CT molecular complexity index is 952. The van der Waals surface area contributed by atoms with Gasteiger partial charge in [0.25, 0.3) is 15.9 Å². The molecule has 1 amide bonds. The van der Waals surface area contributed by atoms with Crippen LogP contribution in [0.4, 0.5) is 5.69 Å². The van der Waals surface area contributed by atoms with Gasteiger partial charge in [-0.15, -0.1) is 0 Å². The van der Waals surface area contributed by atoms with E-state index >= 15 is 0 Å². The maximum absolute atomic E-state index is 12.7. The summed E-state index contributed by atoms with van der Waals surface area (Å²) in [5.74, 6) is 1.13. The average molecular weight is 419 g/mol. The van der Waals surface area contributed by atoms with Gasteiger partial charge in [0.1, 0.15) is 11.5 Å². The van der Waals surface area contributed by atoms with Crippen LogP contribution in [0.15, 0.2) is 47.4 Å². The first-order valence-electron chi connectivity index (χ1n) is 9.66. The van der Waals surface area contributed by atoms with Gasteiger partial charge < -0.3 is 14.4 Å². The number of nitrogens with zero attached hydrogens (tertiary/aromatic N) is 1. The number of likely N-dealkylation sites (tertiary alicyclic amines) is 1. The molecule has 0 bridgehead atoms. The third-order valence-corrected chi connectivity index (χ3v) is 6.06. The number of ether oxygens (including phenoxy) is 2. The van der Waals surface area contributed by atoms with E-state index in [4.69, 9.17) is 9.47 Å². The third kappa shape index (κ3) is 5.41. The van der Waals surface area contributed by atoms with Crippen LogP contribution in [0.3, 0.4) is 0 Å². The third-order valence-electron chi connectivity index (χ3n) is 4.68. The van der Waals surface area contributed by atoms with Crippen molar-refractivity contribution in [3.8, 4) is 11.5 Å². The summed E-state index contributed by atoms with van der Waals surface area (Å²) in [5.41, 5.74) is 1.09. The van der Waals surface area contributed by atoms with Gasteiger partial charge in [-0.25, -0.2) is 8.42 Å². The maximum Gasteiger partial charge on any atom is 0.261 e. The second-order valence-corrected chi connectivity index (χ2v) is 8.55. The van der Waals surface area contributed by atoms with Crippen molar-refractivity contribution in [2.24, 2.45) is 0 Å². The van der Waals surface area contributed by atoms with E-state index in [1.165, 1.54) is 12.1 Å². The lowest BCUT2D eigenvalue weighted by molar-refractivity contribution is -0.132. The van der Waals surface area contributed by atoms with E-state index in [-0.39, 0.29) is 17.4 Å². The number of rotatable bonds is 8. The minimum atomic E-state index is -3.74. The normalized spacial score (nSPS) is 13.9. The molecular formula is C21H26N2O5S. The fraction of sp³-hybridized carbons (Fsp3) is 0.381. The van der Waals surface area contributed by atoms with Crippen LogP contribution in [0.2, 0.25) is 0 Å². The van der Waals surface area contributed by atoms with Gasteiger partial charge in [-0.1, -0.05) is 0 Å². The molecule has 0 aliphatic carbocycles. The van der Waals surface area contributed by atoms with Crippen LogP contribution >= 0.6 is 0 Å². The predicted molar refractivity (Wildman–Crippen MR) is 111 cm³/mol. The van der Waals surface area contributed by atoms with Gasteiger partial charge in [0, 0.05) is 18.8 Å². The molecule has 2 aromatic carbocycles. The fourth-order valence-corrected chi connectivity index (χ4v) is 4.29. The topological polar surface area (TPSA) is 84.9 Å². The number of sulfonamides is 1. The minimum Gasteiger partial charge on any atom is -0.494 e. The quantitative estimate of drug-likeness (QED) is 0.712. The van der Waals surface area contributed by atoms with Crippen LogP contribution in [-0.2, 0) is 14.8 Å². The number of carbonyl (C=O) groups excluding carboxylic acids is 1. The molecule has 1 heterocycles. The molecule has 29 heavy (non-hydrogen) atoms. The van der Waals surface area contributed by atoms with E-state index in [1.54, 1.807) is 42.2 Å². The van der Waals surface area contributed by atoms with Crippen LogP contribution in [-0.4, -0.2) is 45.5 Å². The Morgan fingerprint density at radius 1 is 1.07 bits per heavy atom. The summed E-state index contributed by atoms with van der Waals surface area (Å²) >= 11 is 0. The summed E-state index contributed by atoms with van der Waals surface area (Å²) in [7, 11) is -3.74. The Balaban J connectivity index is 1.65. The summed E-state index contributed by atoms with van der Waals surface area (Å²) in [5, 5.41) is 0. The van der Waals surface area contributed by atoms with Gasteiger partial charge in [-0.3, -0.25) is 9.52 Å². The van der Waals surface area contributed by atoms with Crippen LogP contribution < -0.4 is 14.2 Å². The number of aryl methyl sites for hydroxylation is 1. The number of nitrogens with one attached hydrogen (secondary N) is 1. The van der Waals surface area contributed by atoms with Crippen LogP contribution in [0.1, 0.15) is 25.3 Å². The molecule has 1 saturated heterocycles. The molecule has 0 unspecified atom stereocenters. The standard InChI is InChI=1S/C21H26N2O5S/c1-3-27-18-8-6-17(7-9-18)22-29(25,26)19-10-11-20(16(2)14-19)28-15-21(24)23-12-4-5-13-23/h6-11,14,22H,3-5,12-13,15H2,1-2H3. The first kappa shape index (κ1) is 21.0. The first-order chi connectivity index (χ1) is 13.9. The lowest BCUT2D eigenvalue weighted by Crippen LogP contribution is -2.32. The molecule has 1 aliphatic rings.